The number of terminal acetylenes is 1. The third kappa shape index (κ3) is 2.04. The van der Waals surface area contributed by atoms with Crippen LogP contribution in [0.1, 0.15) is 33.6 Å². The summed E-state index contributed by atoms with van der Waals surface area (Å²) in [6.07, 6.45) is 7.13. The van der Waals surface area contributed by atoms with E-state index in [9.17, 15) is 0 Å². The van der Waals surface area contributed by atoms with E-state index in [1.54, 1.807) is 0 Å². The Hall–Kier alpha value is -0.480. The monoisotopic (exact) mass is 140 g/mol. The predicted octanol–water partition coefficient (Wildman–Crippen LogP) is 2.21. The summed E-state index contributed by atoms with van der Waals surface area (Å²) in [6.45, 7) is 6.78. The molecule has 0 N–H and O–H groups in total. The highest BCUT2D eigenvalue weighted by Crippen LogP contribution is 2.18. The highest BCUT2D eigenvalue weighted by Gasteiger charge is 2.22. The van der Waals surface area contributed by atoms with Gasteiger partial charge in [-0.05, 0) is 19.8 Å². The Morgan fingerprint density at radius 1 is 1.30 bits per heavy atom. The molecule has 0 radical (unpaired) electrons. The van der Waals surface area contributed by atoms with Gasteiger partial charge in [0.1, 0.15) is 5.60 Å². The second-order valence-electron chi connectivity index (χ2n) is 2.28. The fraction of sp³-hybridized carbons (Fsp3) is 0.778. The minimum Gasteiger partial charge on any atom is -0.363 e. The molecule has 0 aliphatic carbocycles. The van der Waals surface area contributed by atoms with Gasteiger partial charge in [0.05, 0.1) is 0 Å². The van der Waals surface area contributed by atoms with Crippen LogP contribution in [0.25, 0.3) is 0 Å². The maximum atomic E-state index is 5.44. The molecule has 0 aliphatic heterocycles. The quantitative estimate of drug-likeness (QED) is 0.544. The Morgan fingerprint density at radius 3 is 1.90 bits per heavy atom. The Bertz CT molecular complexity index is 117. The van der Waals surface area contributed by atoms with Crippen LogP contribution >= 0.6 is 0 Å². The van der Waals surface area contributed by atoms with Crippen molar-refractivity contribution in [3.63, 3.8) is 0 Å². The van der Waals surface area contributed by atoms with Crippen molar-refractivity contribution in [1.82, 2.24) is 0 Å². The minimum atomic E-state index is -0.297. The average molecular weight is 140 g/mol. The van der Waals surface area contributed by atoms with Gasteiger partial charge in [-0.25, -0.2) is 0 Å². The van der Waals surface area contributed by atoms with E-state index in [2.05, 4.69) is 19.8 Å². The van der Waals surface area contributed by atoms with Gasteiger partial charge in [-0.1, -0.05) is 19.8 Å². The highest BCUT2D eigenvalue weighted by molar-refractivity contribution is 5.07. The van der Waals surface area contributed by atoms with Gasteiger partial charge in [-0.15, -0.1) is 6.42 Å². The zero-order valence-electron chi connectivity index (χ0n) is 7.11. The van der Waals surface area contributed by atoms with Crippen LogP contribution in [-0.2, 0) is 4.74 Å². The van der Waals surface area contributed by atoms with Gasteiger partial charge < -0.3 is 4.74 Å². The molecule has 0 rings (SSSR count). The molecular formula is C9H16O. The smallest absolute Gasteiger partial charge is 0.127 e. The van der Waals surface area contributed by atoms with E-state index in [4.69, 9.17) is 11.2 Å². The molecule has 0 fully saturated rings. The molecule has 58 valence electrons. The third-order valence-electron chi connectivity index (χ3n) is 1.83. The van der Waals surface area contributed by atoms with Crippen molar-refractivity contribution >= 4 is 0 Å². The van der Waals surface area contributed by atoms with Gasteiger partial charge in [0.25, 0.3) is 0 Å². The standard InChI is InChI=1S/C9H16O/c1-5-9(6-2,7-3)10-8-4/h1H,6-8H2,2-4H3. The summed E-state index contributed by atoms with van der Waals surface area (Å²) in [5.41, 5.74) is -0.297. The van der Waals surface area contributed by atoms with Gasteiger partial charge in [-0.3, -0.25) is 0 Å². The lowest BCUT2D eigenvalue weighted by atomic mass is 9.98. The maximum absolute atomic E-state index is 5.44. The minimum absolute atomic E-state index is 0.297. The maximum Gasteiger partial charge on any atom is 0.127 e. The van der Waals surface area contributed by atoms with Crippen molar-refractivity contribution in [3.05, 3.63) is 0 Å². The molecule has 0 spiro atoms. The Balaban J connectivity index is 4.05. The molecule has 0 aromatic rings. The fourth-order valence-electron chi connectivity index (χ4n) is 0.976. The Kier molecular flexibility index (Phi) is 4.14. The first kappa shape index (κ1) is 9.52. The summed E-state index contributed by atoms with van der Waals surface area (Å²) >= 11 is 0. The fourth-order valence-corrected chi connectivity index (χ4v) is 0.976. The summed E-state index contributed by atoms with van der Waals surface area (Å²) in [6, 6.07) is 0. The number of rotatable bonds is 4. The van der Waals surface area contributed by atoms with Crippen molar-refractivity contribution in [1.29, 1.82) is 0 Å². The molecule has 0 atom stereocenters. The van der Waals surface area contributed by atoms with Crippen LogP contribution < -0.4 is 0 Å². The topological polar surface area (TPSA) is 9.23 Å². The summed E-state index contributed by atoms with van der Waals surface area (Å²) < 4.78 is 5.44. The molecule has 0 aromatic heterocycles. The number of hydrogen-bond acceptors (Lipinski definition) is 1. The summed E-state index contributed by atoms with van der Waals surface area (Å²) in [7, 11) is 0. The second kappa shape index (κ2) is 4.35. The van der Waals surface area contributed by atoms with E-state index >= 15 is 0 Å². The molecular weight excluding hydrogens is 124 g/mol. The highest BCUT2D eigenvalue weighted by atomic mass is 16.5. The van der Waals surface area contributed by atoms with E-state index in [1.165, 1.54) is 0 Å². The molecule has 0 saturated heterocycles. The van der Waals surface area contributed by atoms with Crippen LogP contribution in [0, 0.1) is 12.3 Å². The zero-order valence-corrected chi connectivity index (χ0v) is 7.11. The zero-order chi connectivity index (χ0) is 8.04. The van der Waals surface area contributed by atoms with Crippen molar-refractivity contribution < 1.29 is 4.74 Å². The normalized spacial score (nSPS) is 11.0. The van der Waals surface area contributed by atoms with Crippen molar-refractivity contribution in [3.8, 4) is 12.3 Å². The molecule has 0 aliphatic rings. The first-order chi connectivity index (χ1) is 4.74. The summed E-state index contributed by atoms with van der Waals surface area (Å²) in [4.78, 5) is 0. The predicted molar refractivity (Wildman–Crippen MR) is 43.8 cm³/mol. The third-order valence-corrected chi connectivity index (χ3v) is 1.83. The summed E-state index contributed by atoms with van der Waals surface area (Å²) in [5.74, 6) is 2.69. The Morgan fingerprint density at radius 2 is 1.80 bits per heavy atom. The van der Waals surface area contributed by atoms with Gasteiger partial charge in [0, 0.05) is 6.61 Å². The van der Waals surface area contributed by atoms with E-state index in [0.717, 1.165) is 12.8 Å². The summed E-state index contributed by atoms with van der Waals surface area (Å²) in [5, 5.41) is 0. The molecule has 10 heavy (non-hydrogen) atoms. The van der Waals surface area contributed by atoms with Crippen LogP contribution in [0.3, 0.4) is 0 Å². The van der Waals surface area contributed by atoms with Crippen molar-refractivity contribution in [2.75, 3.05) is 6.61 Å². The van der Waals surface area contributed by atoms with E-state index in [1.807, 2.05) is 6.92 Å². The van der Waals surface area contributed by atoms with Crippen LogP contribution in [0.4, 0.5) is 0 Å². The SMILES string of the molecule is C#CC(CC)(CC)OCC. The van der Waals surface area contributed by atoms with Crippen LogP contribution in [0.2, 0.25) is 0 Å². The van der Waals surface area contributed by atoms with Gasteiger partial charge >= 0.3 is 0 Å². The molecule has 0 saturated carbocycles. The van der Waals surface area contributed by atoms with E-state index in [0.29, 0.717) is 6.61 Å². The molecule has 1 heteroatoms. The van der Waals surface area contributed by atoms with Crippen LogP contribution in [0.5, 0.6) is 0 Å². The van der Waals surface area contributed by atoms with Gasteiger partial charge in [-0.2, -0.15) is 0 Å². The molecule has 0 heterocycles. The molecule has 0 bridgehead atoms. The van der Waals surface area contributed by atoms with E-state index < -0.39 is 0 Å². The lowest BCUT2D eigenvalue weighted by Gasteiger charge is -2.24. The van der Waals surface area contributed by atoms with Crippen LogP contribution in [-0.4, -0.2) is 12.2 Å². The first-order valence-electron chi connectivity index (χ1n) is 3.86. The van der Waals surface area contributed by atoms with E-state index in [-0.39, 0.29) is 5.60 Å². The second-order valence-corrected chi connectivity index (χ2v) is 2.28. The lowest BCUT2D eigenvalue weighted by molar-refractivity contribution is 0.00157. The van der Waals surface area contributed by atoms with Gasteiger partial charge in [0.15, 0.2) is 0 Å². The van der Waals surface area contributed by atoms with Gasteiger partial charge in [0.2, 0.25) is 0 Å². The largest absolute Gasteiger partial charge is 0.363 e. The molecule has 0 amide bonds. The molecule has 0 unspecified atom stereocenters. The van der Waals surface area contributed by atoms with Crippen LogP contribution in [0.15, 0.2) is 0 Å². The lowest BCUT2D eigenvalue weighted by Crippen LogP contribution is -2.28. The van der Waals surface area contributed by atoms with Crippen molar-refractivity contribution in [2.45, 2.75) is 39.2 Å². The molecule has 0 aromatic carbocycles. The van der Waals surface area contributed by atoms with Crippen molar-refractivity contribution in [2.24, 2.45) is 0 Å². The average Bonchev–Trinajstić information content (AvgIpc) is 2.01. The first-order valence-corrected chi connectivity index (χ1v) is 3.86. The number of hydrogen-bond donors (Lipinski definition) is 0. The Labute approximate surface area is 63.8 Å². The number of ether oxygens (including phenoxy) is 1. The molecule has 1 nitrogen and oxygen atoms in total.